The number of carbonyl (C=O) groups is 5. The number of carbonyl (C=O) groups excluding carboxylic acids is 5. The number of hydrogen-bond acceptors (Lipinski definition) is 9. The molecule has 0 radical (unpaired) electrons. The van der Waals surface area contributed by atoms with Crippen molar-refractivity contribution in [3.63, 3.8) is 0 Å². The van der Waals surface area contributed by atoms with E-state index in [1.165, 1.54) is 4.90 Å². The molecule has 0 aromatic heterocycles. The number of nitrogens with one attached hydrogen (secondary N) is 2. The van der Waals surface area contributed by atoms with Crippen LogP contribution in [0.2, 0.25) is 0 Å². The lowest BCUT2D eigenvalue weighted by Gasteiger charge is -2.22. The van der Waals surface area contributed by atoms with Crippen LogP contribution in [-0.4, -0.2) is 84.0 Å². The number of fused-ring (bicyclic) bond motifs is 1. The van der Waals surface area contributed by atoms with Crippen LogP contribution in [0.4, 0.5) is 5.69 Å². The molecule has 0 fully saturated rings. The molecule has 262 valence electrons. The molecule has 1 aliphatic heterocycles. The SMILES string of the molecule is CC.CC.CCCCNc1cccc2c1C(=O)N(C(C)CCC(=O)NC=O)C2=O.CCCCO.COC(C)(C)C.O=CCCO. The van der Waals surface area contributed by atoms with Gasteiger partial charge in [-0.3, -0.25) is 29.4 Å². The van der Waals surface area contributed by atoms with Gasteiger partial charge in [-0.2, -0.15) is 0 Å². The minimum absolute atomic E-state index is 0.0243. The van der Waals surface area contributed by atoms with Gasteiger partial charge in [0.05, 0.1) is 16.7 Å². The van der Waals surface area contributed by atoms with Gasteiger partial charge in [-0.25, -0.2) is 0 Å². The Bertz CT molecular complexity index is 915. The van der Waals surface area contributed by atoms with Gasteiger partial charge in [0.1, 0.15) is 6.29 Å². The van der Waals surface area contributed by atoms with Crippen LogP contribution in [-0.2, 0) is 19.1 Å². The van der Waals surface area contributed by atoms with Crippen molar-refractivity contribution in [1.29, 1.82) is 0 Å². The van der Waals surface area contributed by atoms with Crippen molar-refractivity contribution in [3.8, 4) is 0 Å². The van der Waals surface area contributed by atoms with Crippen molar-refractivity contribution in [2.75, 3.05) is 32.2 Å². The summed E-state index contributed by atoms with van der Waals surface area (Å²) >= 11 is 0. The van der Waals surface area contributed by atoms with Gasteiger partial charge in [0.2, 0.25) is 12.3 Å². The van der Waals surface area contributed by atoms with Gasteiger partial charge in [0, 0.05) is 51.4 Å². The van der Waals surface area contributed by atoms with Crippen LogP contribution in [0.1, 0.15) is 135 Å². The molecule has 45 heavy (non-hydrogen) atoms. The summed E-state index contributed by atoms with van der Waals surface area (Å²) in [6.45, 7) is 21.0. The summed E-state index contributed by atoms with van der Waals surface area (Å²) in [4.78, 5) is 57.5. The van der Waals surface area contributed by atoms with Crippen molar-refractivity contribution in [1.82, 2.24) is 10.2 Å². The molecule has 1 atom stereocenters. The Morgan fingerprint density at radius 1 is 0.978 bits per heavy atom. The van der Waals surface area contributed by atoms with Gasteiger partial charge in [0.15, 0.2) is 0 Å². The molecule has 1 heterocycles. The Balaban J connectivity index is -0.000000343. The fourth-order valence-corrected chi connectivity index (χ4v) is 3.07. The van der Waals surface area contributed by atoms with E-state index in [4.69, 9.17) is 14.9 Å². The van der Waals surface area contributed by atoms with Gasteiger partial charge in [-0.05, 0) is 59.1 Å². The van der Waals surface area contributed by atoms with E-state index in [9.17, 15) is 24.0 Å². The molecular formula is C34H63N3O8. The van der Waals surface area contributed by atoms with E-state index in [1.54, 1.807) is 32.2 Å². The molecule has 4 N–H and O–H groups in total. The summed E-state index contributed by atoms with van der Waals surface area (Å²) < 4.78 is 4.94. The predicted octanol–water partition coefficient (Wildman–Crippen LogP) is 5.77. The Kier molecular flexibility index (Phi) is 34.9. The van der Waals surface area contributed by atoms with Gasteiger partial charge >= 0.3 is 0 Å². The Morgan fingerprint density at radius 2 is 1.53 bits per heavy atom. The van der Waals surface area contributed by atoms with E-state index in [-0.39, 0.29) is 36.9 Å². The molecule has 11 heteroatoms. The van der Waals surface area contributed by atoms with Crippen molar-refractivity contribution < 1.29 is 38.9 Å². The van der Waals surface area contributed by atoms with Crippen molar-refractivity contribution in [2.24, 2.45) is 0 Å². The fraction of sp³-hybridized carbons (Fsp3) is 0.676. The third kappa shape index (κ3) is 23.8. The van der Waals surface area contributed by atoms with Gasteiger partial charge in [-0.1, -0.05) is 60.5 Å². The normalized spacial score (nSPS) is 11.5. The number of ether oxygens (including phenoxy) is 1. The van der Waals surface area contributed by atoms with Crippen LogP contribution in [0.15, 0.2) is 18.2 Å². The predicted molar refractivity (Wildman–Crippen MR) is 182 cm³/mol. The van der Waals surface area contributed by atoms with Gasteiger partial charge in [-0.15, -0.1) is 0 Å². The number of hydrogen-bond donors (Lipinski definition) is 4. The highest BCUT2D eigenvalue weighted by Crippen LogP contribution is 2.31. The van der Waals surface area contributed by atoms with Crippen LogP contribution >= 0.6 is 0 Å². The van der Waals surface area contributed by atoms with Crippen LogP contribution in [0.3, 0.4) is 0 Å². The number of rotatable bonds is 13. The number of unbranched alkanes of at least 4 members (excludes halogenated alkanes) is 2. The Labute approximate surface area is 272 Å². The average Bonchev–Trinajstić information content (AvgIpc) is 3.29. The zero-order valence-electron chi connectivity index (χ0n) is 29.8. The minimum Gasteiger partial charge on any atom is -0.396 e. The molecule has 0 saturated heterocycles. The van der Waals surface area contributed by atoms with E-state index >= 15 is 0 Å². The number of amides is 4. The highest BCUT2D eigenvalue weighted by molar-refractivity contribution is 6.24. The van der Waals surface area contributed by atoms with Gasteiger partial charge < -0.3 is 25.1 Å². The summed E-state index contributed by atoms with van der Waals surface area (Å²) in [6.07, 6.45) is 5.66. The molecule has 1 unspecified atom stereocenters. The zero-order chi connectivity index (χ0) is 35.8. The third-order valence-corrected chi connectivity index (χ3v) is 5.61. The van der Waals surface area contributed by atoms with E-state index in [1.807, 2.05) is 48.5 Å². The fourth-order valence-electron chi connectivity index (χ4n) is 3.07. The highest BCUT2D eigenvalue weighted by Gasteiger charge is 2.40. The molecule has 0 bridgehead atoms. The molecule has 2 rings (SSSR count). The first-order chi connectivity index (χ1) is 21.4. The number of aliphatic hydroxyl groups excluding tert-OH is 2. The number of nitrogens with zero attached hydrogens (tertiary/aromatic N) is 1. The molecule has 1 aromatic rings. The van der Waals surface area contributed by atoms with Crippen molar-refractivity contribution in [3.05, 3.63) is 29.3 Å². The van der Waals surface area contributed by atoms with Crippen molar-refractivity contribution in [2.45, 2.75) is 126 Å². The van der Waals surface area contributed by atoms with E-state index in [0.717, 1.165) is 32.2 Å². The number of anilines is 1. The molecule has 0 spiro atoms. The Hall–Kier alpha value is -3.15. The maximum Gasteiger partial charge on any atom is 0.263 e. The molecule has 0 aliphatic carbocycles. The average molecular weight is 642 g/mol. The number of imide groups is 2. The number of methoxy groups -OCH3 is 1. The lowest BCUT2D eigenvalue weighted by atomic mass is 10.1. The maximum atomic E-state index is 12.8. The molecule has 4 amide bonds. The summed E-state index contributed by atoms with van der Waals surface area (Å²) in [7, 11) is 1.71. The standard InChI is InChI=1S/C18H23N3O4.C5H12O.C4H10O.C3H6O2.2C2H6/c1-3-4-10-19-14-7-5-6-13-16(14)18(25)21(17(13)24)12(2)8-9-15(23)20-11-22;1-5(2,3)6-4;1-2-3-4-5;4-2-1-3-5;2*1-2/h5-7,11-12,19H,3-4,8-10H2,1-2H3,(H,20,22,23);1-4H3;5H,2-4H2,1H3;2,5H,1,3H2;2*1-2H3. The summed E-state index contributed by atoms with van der Waals surface area (Å²) in [5.41, 5.74) is 1.49. The molecule has 11 nitrogen and oxygen atoms in total. The lowest BCUT2D eigenvalue weighted by Crippen LogP contribution is -2.38. The summed E-state index contributed by atoms with van der Waals surface area (Å²) in [6, 6.07) is 4.76. The zero-order valence-corrected chi connectivity index (χ0v) is 29.8. The number of aldehydes is 1. The highest BCUT2D eigenvalue weighted by atomic mass is 16.5. The summed E-state index contributed by atoms with van der Waals surface area (Å²) in [5, 5.41) is 21.2. The first kappa shape index (κ1) is 48.7. The number of aliphatic hydroxyl groups is 2. The largest absolute Gasteiger partial charge is 0.396 e. The van der Waals surface area contributed by atoms with Crippen LogP contribution < -0.4 is 10.6 Å². The summed E-state index contributed by atoms with van der Waals surface area (Å²) in [5.74, 6) is -1.12. The molecular weight excluding hydrogens is 578 g/mol. The molecule has 1 aromatic carbocycles. The van der Waals surface area contributed by atoms with Crippen LogP contribution in [0, 0.1) is 0 Å². The molecule has 1 aliphatic rings. The monoisotopic (exact) mass is 641 g/mol. The third-order valence-electron chi connectivity index (χ3n) is 5.61. The van der Waals surface area contributed by atoms with Crippen LogP contribution in [0.5, 0.6) is 0 Å². The smallest absolute Gasteiger partial charge is 0.263 e. The second kappa shape index (κ2) is 32.2. The van der Waals surface area contributed by atoms with E-state index in [0.29, 0.717) is 42.5 Å². The lowest BCUT2D eigenvalue weighted by molar-refractivity contribution is -0.125. The van der Waals surface area contributed by atoms with Crippen LogP contribution in [0.25, 0.3) is 0 Å². The molecule has 0 saturated carbocycles. The van der Waals surface area contributed by atoms with Crippen molar-refractivity contribution >= 4 is 36.1 Å². The second-order valence-corrected chi connectivity index (χ2v) is 10.1. The van der Waals surface area contributed by atoms with E-state index in [2.05, 4.69) is 24.5 Å². The quantitative estimate of drug-likeness (QED) is 0.119. The van der Waals surface area contributed by atoms with Gasteiger partial charge in [0.25, 0.3) is 11.8 Å². The Morgan fingerprint density at radius 3 is 1.91 bits per heavy atom. The van der Waals surface area contributed by atoms with E-state index < -0.39 is 11.9 Å². The topological polar surface area (TPSA) is 162 Å². The first-order valence-corrected chi connectivity index (χ1v) is 16.1. The minimum atomic E-state index is -0.437. The second-order valence-electron chi connectivity index (χ2n) is 10.1. The first-order valence-electron chi connectivity index (χ1n) is 16.1. The maximum absolute atomic E-state index is 12.8. The number of benzene rings is 1.